The Labute approximate surface area is 135 Å². The summed E-state index contributed by atoms with van der Waals surface area (Å²) in [4.78, 5) is 16.8. The van der Waals surface area contributed by atoms with Gasteiger partial charge in [0.2, 0.25) is 0 Å². The molecule has 0 atom stereocenters. The zero-order chi connectivity index (χ0) is 15.4. The van der Waals surface area contributed by atoms with Crippen LogP contribution in [0.3, 0.4) is 0 Å². The molecule has 4 heteroatoms. The highest BCUT2D eigenvalue weighted by atomic mass is 32.1. The van der Waals surface area contributed by atoms with Crippen LogP contribution in [0.5, 0.6) is 0 Å². The summed E-state index contributed by atoms with van der Waals surface area (Å²) in [7, 11) is 0. The van der Waals surface area contributed by atoms with Gasteiger partial charge in [-0.2, -0.15) is 0 Å². The van der Waals surface area contributed by atoms with Crippen molar-refractivity contribution >= 4 is 17.2 Å². The Bertz CT molecular complexity index is 615. The van der Waals surface area contributed by atoms with Gasteiger partial charge in [0.15, 0.2) is 0 Å². The van der Waals surface area contributed by atoms with Crippen molar-refractivity contribution in [2.45, 2.75) is 45.1 Å². The summed E-state index contributed by atoms with van der Waals surface area (Å²) in [6.07, 6.45) is 5.39. The molecule has 1 saturated carbocycles. The summed E-state index contributed by atoms with van der Waals surface area (Å²) >= 11 is 1.56. The van der Waals surface area contributed by atoms with Gasteiger partial charge in [-0.3, -0.25) is 4.79 Å². The Balaban J connectivity index is 1.57. The van der Waals surface area contributed by atoms with Crippen molar-refractivity contribution in [3.05, 3.63) is 52.0 Å². The number of rotatable bonds is 4. The van der Waals surface area contributed by atoms with Gasteiger partial charge < -0.3 is 5.32 Å². The highest BCUT2D eigenvalue weighted by molar-refractivity contribution is 7.09. The van der Waals surface area contributed by atoms with Crippen LogP contribution in [0.4, 0.5) is 0 Å². The van der Waals surface area contributed by atoms with Gasteiger partial charge in [-0.15, -0.1) is 11.3 Å². The van der Waals surface area contributed by atoms with Crippen LogP contribution in [-0.4, -0.2) is 16.9 Å². The lowest BCUT2D eigenvalue weighted by Crippen LogP contribution is -2.37. The van der Waals surface area contributed by atoms with Gasteiger partial charge >= 0.3 is 0 Å². The van der Waals surface area contributed by atoms with Gasteiger partial charge in [0, 0.05) is 17.8 Å². The second-order valence-corrected chi connectivity index (χ2v) is 7.16. The first-order valence-corrected chi connectivity index (χ1v) is 8.88. The molecule has 1 aromatic carbocycles. The Morgan fingerprint density at radius 2 is 1.95 bits per heavy atom. The first-order chi connectivity index (χ1) is 10.7. The van der Waals surface area contributed by atoms with Crippen molar-refractivity contribution in [1.29, 1.82) is 0 Å². The number of carbonyl (C=O) groups is 1. The molecule has 1 N–H and O–H groups in total. The smallest absolute Gasteiger partial charge is 0.270 e. The second kappa shape index (κ2) is 7.05. The van der Waals surface area contributed by atoms with Gasteiger partial charge in [0.05, 0.1) is 5.01 Å². The van der Waals surface area contributed by atoms with Crippen molar-refractivity contribution < 1.29 is 4.79 Å². The summed E-state index contributed by atoms with van der Waals surface area (Å²) in [5.41, 5.74) is 1.79. The van der Waals surface area contributed by atoms with Gasteiger partial charge in [-0.05, 0) is 37.2 Å². The van der Waals surface area contributed by atoms with Crippen LogP contribution in [0.15, 0.2) is 35.7 Å². The molecule has 0 bridgehead atoms. The van der Waals surface area contributed by atoms with Gasteiger partial charge in [0.1, 0.15) is 5.69 Å². The van der Waals surface area contributed by atoms with E-state index in [9.17, 15) is 4.79 Å². The van der Waals surface area contributed by atoms with Crippen LogP contribution in [0.2, 0.25) is 0 Å². The number of thiazole rings is 1. The van der Waals surface area contributed by atoms with E-state index >= 15 is 0 Å². The summed E-state index contributed by atoms with van der Waals surface area (Å²) in [6.45, 7) is 2.29. The van der Waals surface area contributed by atoms with Crippen LogP contribution in [0.25, 0.3) is 0 Å². The summed E-state index contributed by atoms with van der Waals surface area (Å²) < 4.78 is 0. The quantitative estimate of drug-likeness (QED) is 0.925. The van der Waals surface area contributed by atoms with E-state index in [2.05, 4.69) is 29.4 Å². The van der Waals surface area contributed by atoms with E-state index in [-0.39, 0.29) is 5.91 Å². The summed E-state index contributed by atoms with van der Waals surface area (Å²) in [5, 5.41) is 6.01. The largest absolute Gasteiger partial charge is 0.348 e. The maximum absolute atomic E-state index is 12.3. The molecule has 1 aromatic heterocycles. The average molecular weight is 314 g/mol. The minimum absolute atomic E-state index is 0.0184. The molecule has 1 heterocycles. The van der Waals surface area contributed by atoms with Gasteiger partial charge in [-0.1, -0.05) is 37.3 Å². The Kier molecular flexibility index (Phi) is 4.88. The van der Waals surface area contributed by atoms with Crippen molar-refractivity contribution in [2.24, 2.45) is 5.92 Å². The third-order valence-corrected chi connectivity index (χ3v) is 5.18. The molecule has 1 aliphatic rings. The fourth-order valence-corrected chi connectivity index (χ4v) is 3.74. The second-order valence-electron chi connectivity index (χ2n) is 6.22. The highest BCUT2D eigenvalue weighted by Crippen LogP contribution is 2.24. The summed E-state index contributed by atoms with van der Waals surface area (Å²) in [5.74, 6) is 0.778. The maximum Gasteiger partial charge on any atom is 0.270 e. The lowest BCUT2D eigenvalue weighted by atomic mass is 9.87. The predicted molar refractivity (Wildman–Crippen MR) is 90.2 cm³/mol. The maximum atomic E-state index is 12.3. The van der Waals surface area contributed by atoms with Crippen molar-refractivity contribution in [2.75, 3.05) is 0 Å². The van der Waals surface area contributed by atoms with Crippen LogP contribution < -0.4 is 5.32 Å². The molecule has 1 fully saturated rings. The van der Waals surface area contributed by atoms with E-state index in [1.165, 1.54) is 18.4 Å². The molecular weight excluding hydrogens is 292 g/mol. The first-order valence-electron chi connectivity index (χ1n) is 8.00. The van der Waals surface area contributed by atoms with Crippen LogP contribution in [0, 0.1) is 5.92 Å². The predicted octanol–water partition coefficient (Wildman–Crippen LogP) is 4.04. The topological polar surface area (TPSA) is 42.0 Å². The molecular formula is C18H22N2OS. The van der Waals surface area contributed by atoms with E-state index < -0.39 is 0 Å². The molecule has 2 aromatic rings. The van der Waals surface area contributed by atoms with Crippen LogP contribution in [-0.2, 0) is 6.42 Å². The Morgan fingerprint density at radius 3 is 2.68 bits per heavy atom. The number of carbonyl (C=O) groups excluding carboxylic acids is 1. The fraction of sp³-hybridized carbons (Fsp3) is 0.444. The molecule has 116 valence electrons. The molecule has 0 saturated heterocycles. The normalized spacial score (nSPS) is 21.5. The Hall–Kier alpha value is -1.68. The van der Waals surface area contributed by atoms with Gasteiger partial charge in [0.25, 0.3) is 5.91 Å². The SMILES string of the molecule is CC1CCC(NC(=O)c2csc(Cc3ccccc3)n2)CC1. The minimum Gasteiger partial charge on any atom is -0.348 e. The van der Waals surface area contributed by atoms with E-state index in [0.717, 1.165) is 30.2 Å². The average Bonchev–Trinajstić information content (AvgIpc) is 2.99. The molecule has 0 spiro atoms. The third kappa shape index (κ3) is 3.95. The van der Waals surface area contributed by atoms with Crippen LogP contribution in [0.1, 0.15) is 53.7 Å². The number of amides is 1. The zero-order valence-electron chi connectivity index (χ0n) is 12.9. The molecule has 1 aliphatic carbocycles. The number of aromatic nitrogens is 1. The number of hydrogen-bond donors (Lipinski definition) is 1. The first kappa shape index (κ1) is 15.2. The lowest BCUT2D eigenvalue weighted by Gasteiger charge is -2.26. The fourth-order valence-electron chi connectivity index (χ4n) is 2.93. The van der Waals surface area contributed by atoms with E-state index in [0.29, 0.717) is 11.7 Å². The van der Waals surface area contributed by atoms with Crippen LogP contribution >= 0.6 is 11.3 Å². The molecule has 0 aliphatic heterocycles. The third-order valence-electron chi connectivity index (χ3n) is 4.33. The number of benzene rings is 1. The number of nitrogens with one attached hydrogen (secondary N) is 1. The molecule has 3 rings (SSSR count). The minimum atomic E-state index is -0.0184. The molecule has 0 radical (unpaired) electrons. The number of hydrogen-bond acceptors (Lipinski definition) is 3. The zero-order valence-corrected chi connectivity index (χ0v) is 13.7. The van der Waals surface area contributed by atoms with E-state index in [4.69, 9.17) is 0 Å². The molecule has 0 unspecified atom stereocenters. The standard InChI is InChI=1S/C18H22N2OS/c1-13-7-9-15(10-8-13)19-18(21)16-12-22-17(20-16)11-14-5-3-2-4-6-14/h2-6,12-13,15H,7-11H2,1H3,(H,19,21). The molecule has 3 nitrogen and oxygen atoms in total. The van der Waals surface area contributed by atoms with E-state index in [1.807, 2.05) is 23.6 Å². The van der Waals surface area contributed by atoms with Gasteiger partial charge in [-0.25, -0.2) is 4.98 Å². The Morgan fingerprint density at radius 1 is 1.23 bits per heavy atom. The monoisotopic (exact) mass is 314 g/mol. The lowest BCUT2D eigenvalue weighted by molar-refractivity contribution is 0.0918. The highest BCUT2D eigenvalue weighted by Gasteiger charge is 2.21. The van der Waals surface area contributed by atoms with E-state index in [1.54, 1.807) is 11.3 Å². The van der Waals surface area contributed by atoms with Crippen molar-refractivity contribution in [1.82, 2.24) is 10.3 Å². The molecule has 1 amide bonds. The summed E-state index contributed by atoms with van der Waals surface area (Å²) in [6, 6.07) is 10.6. The van der Waals surface area contributed by atoms with Crippen molar-refractivity contribution in [3.8, 4) is 0 Å². The number of nitrogens with zero attached hydrogens (tertiary/aromatic N) is 1. The molecule has 22 heavy (non-hydrogen) atoms. The van der Waals surface area contributed by atoms with Crippen molar-refractivity contribution in [3.63, 3.8) is 0 Å².